The lowest BCUT2D eigenvalue weighted by atomic mass is 9.99. The third-order valence-electron chi connectivity index (χ3n) is 2.51. The average molecular weight is 310 g/mol. The molecular weight excluding hydrogens is 300 g/mol. The van der Waals surface area contributed by atoms with Gasteiger partial charge in [0.1, 0.15) is 0 Å². The van der Waals surface area contributed by atoms with Gasteiger partial charge in [-0.1, -0.05) is 51.8 Å². The lowest BCUT2D eigenvalue weighted by molar-refractivity contribution is 0.103. The summed E-state index contributed by atoms with van der Waals surface area (Å²) in [6.45, 7) is 0. The van der Waals surface area contributed by atoms with Gasteiger partial charge in [0.05, 0.1) is 0 Å². The number of ketones is 1. The Hall–Kier alpha value is -1.12. The number of rotatable bonds is 3. The number of halogens is 2. The van der Waals surface area contributed by atoms with E-state index in [2.05, 4.69) is 15.9 Å². The monoisotopic (exact) mass is 308 g/mol. The van der Waals surface area contributed by atoms with Gasteiger partial charge >= 0.3 is 0 Å². The smallest absolute Gasteiger partial charge is 0.193 e. The van der Waals surface area contributed by atoms with Crippen LogP contribution in [0.25, 0.3) is 0 Å². The molecule has 2 aromatic carbocycles. The van der Waals surface area contributed by atoms with E-state index in [1.165, 1.54) is 0 Å². The van der Waals surface area contributed by atoms with Crippen LogP contribution in [0, 0.1) is 0 Å². The van der Waals surface area contributed by atoms with E-state index in [1.807, 2.05) is 24.3 Å². The molecule has 0 fully saturated rings. The van der Waals surface area contributed by atoms with Crippen LogP contribution in [0.1, 0.15) is 21.5 Å². The van der Waals surface area contributed by atoms with E-state index in [9.17, 15) is 4.79 Å². The summed E-state index contributed by atoms with van der Waals surface area (Å²) in [5, 5.41) is 1.30. The van der Waals surface area contributed by atoms with Crippen LogP contribution in [0.15, 0.2) is 48.5 Å². The Morgan fingerprint density at radius 1 is 1.06 bits per heavy atom. The fourth-order valence-corrected chi connectivity index (χ4v) is 2.23. The van der Waals surface area contributed by atoms with Gasteiger partial charge in [0.2, 0.25) is 0 Å². The van der Waals surface area contributed by atoms with Gasteiger partial charge < -0.3 is 0 Å². The van der Waals surface area contributed by atoms with Crippen LogP contribution >= 0.6 is 27.5 Å². The van der Waals surface area contributed by atoms with Gasteiger partial charge in [-0.2, -0.15) is 0 Å². The van der Waals surface area contributed by atoms with Crippen LogP contribution in [-0.2, 0) is 5.33 Å². The van der Waals surface area contributed by atoms with Crippen molar-refractivity contribution in [1.82, 2.24) is 0 Å². The molecule has 2 aromatic rings. The minimum Gasteiger partial charge on any atom is -0.289 e. The molecule has 3 heteroatoms. The predicted octanol–water partition coefficient (Wildman–Crippen LogP) is 4.47. The molecular formula is C14H10BrClO. The molecule has 0 spiro atoms. The van der Waals surface area contributed by atoms with E-state index < -0.39 is 0 Å². The molecule has 1 nitrogen and oxygen atoms in total. The molecule has 0 saturated heterocycles. The molecule has 0 saturated carbocycles. The van der Waals surface area contributed by atoms with Crippen LogP contribution in [0.4, 0.5) is 0 Å². The molecule has 0 atom stereocenters. The predicted molar refractivity (Wildman–Crippen MR) is 74.0 cm³/mol. The maximum atomic E-state index is 12.3. The van der Waals surface area contributed by atoms with Crippen LogP contribution in [0.5, 0.6) is 0 Å². The first-order chi connectivity index (χ1) is 8.22. The largest absolute Gasteiger partial charge is 0.289 e. The summed E-state index contributed by atoms with van der Waals surface area (Å²) in [5.41, 5.74) is 2.38. The molecule has 0 aliphatic carbocycles. The molecule has 0 N–H and O–H groups in total. The first kappa shape index (κ1) is 12.3. The molecule has 0 aromatic heterocycles. The van der Waals surface area contributed by atoms with Crippen molar-refractivity contribution < 1.29 is 4.79 Å². The summed E-state index contributed by atoms with van der Waals surface area (Å²) in [7, 11) is 0. The molecule has 0 unspecified atom stereocenters. The van der Waals surface area contributed by atoms with Crippen LogP contribution in [0.3, 0.4) is 0 Å². The SMILES string of the molecule is O=C(c1ccc(Cl)cc1)c1ccccc1CBr. The molecule has 0 amide bonds. The van der Waals surface area contributed by atoms with Gasteiger partial charge in [-0.05, 0) is 29.8 Å². The Balaban J connectivity index is 2.40. The summed E-state index contributed by atoms with van der Waals surface area (Å²) in [6.07, 6.45) is 0. The van der Waals surface area contributed by atoms with Crippen molar-refractivity contribution in [3.8, 4) is 0 Å². The summed E-state index contributed by atoms with van der Waals surface area (Å²) in [5.74, 6) is 0.0247. The van der Waals surface area contributed by atoms with Gasteiger partial charge in [-0.15, -0.1) is 0 Å². The van der Waals surface area contributed by atoms with Gasteiger partial charge in [0.15, 0.2) is 5.78 Å². The zero-order valence-electron chi connectivity index (χ0n) is 8.99. The van der Waals surface area contributed by atoms with Gasteiger partial charge in [0, 0.05) is 21.5 Å². The fourth-order valence-electron chi connectivity index (χ4n) is 1.62. The first-order valence-electron chi connectivity index (χ1n) is 5.16. The molecule has 86 valence electrons. The lowest BCUT2D eigenvalue weighted by Gasteiger charge is -2.06. The van der Waals surface area contributed by atoms with Gasteiger partial charge in [0.25, 0.3) is 0 Å². The highest BCUT2D eigenvalue weighted by atomic mass is 79.9. The summed E-state index contributed by atoms with van der Waals surface area (Å²) in [6, 6.07) is 14.5. The van der Waals surface area contributed by atoms with E-state index in [1.54, 1.807) is 24.3 Å². The molecule has 17 heavy (non-hydrogen) atoms. The standard InChI is InChI=1S/C14H10BrClO/c15-9-11-3-1-2-4-13(11)14(17)10-5-7-12(16)8-6-10/h1-8H,9H2. The Bertz CT molecular complexity index is 534. The number of alkyl halides is 1. The summed E-state index contributed by atoms with van der Waals surface area (Å²) in [4.78, 5) is 12.3. The van der Waals surface area contributed by atoms with E-state index in [-0.39, 0.29) is 5.78 Å². The molecule has 2 rings (SSSR count). The number of benzene rings is 2. The molecule has 0 aliphatic heterocycles. The fraction of sp³-hybridized carbons (Fsp3) is 0.0714. The summed E-state index contributed by atoms with van der Waals surface area (Å²) >= 11 is 9.19. The number of hydrogen-bond acceptors (Lipinski definition) is 1. The Morgan fingerprint density at radius 2 is 1.71 bits per heavy atom. The topological polar surface area (TPSA) is 17.1 Å². The lowest BCUT2D eigenvalue weighted by Crippen LogP contribution is -2.04. The van der Waals surface area contributed by atoms with E-state index in [0.29, 0.717) is 15.9 Å². The third-order valence-corrected chi connectivity index (χ3v) is 3.37. The maximum absolute atomic E-state index is 12.3. The van der Waals surface area contributed by atoms with E-state index in [4.69, 9.17) is 11.6 Å². The quantitative estimate of drug-likeness (QED) is 0.604. The minimum absolute atomic E-state index is 0.0247. The number of hydrogen-bond donors (Lipinski definition) is 0. The van der Waals surface area contributed by atoms with Gasteiger partial charge in [-0.25, -0.2) is 0 Å². The molecule has 0 bridgehead atoms. The molecule has 0 radical (unpaired) electrons. The van der Waals surface area contributed by atoms with Crippen molar-refractivity contribution in [2.75, 3.05) is 0 Å². The van der Waals surface area contributed by atoms with Crippen molar-refractivity contribution in [3.63, 3.8) is 0 Å². The maximum Gasteiger partial charge on any atom is 0.193 e. The van der Waals surface area contributed by atoms with Crippen LogP contribution < -0.4 is 0 Å². The average Bonchev–Trinajstić information content (AvgIpc) is 2.39. The van der Waals surface area contributed by atoms with Crippen molar-refractivity contribution in [2.24, 2.45) is 0 Å². The van der Waals surface area contributed by atoms with Crippen LogP contribution in [0.2, 0.25) is 5.02 Å². The normalized spacial score (nSPS) is 10.2. The van der Waals surface area contributed by atoms with Crippen molar-refractivity contribution in [2.45, 2.75) is 5.33 Å². The van der Waals surface area contributed by atoms with Crippen molar-refractivity contribution in [1.29, 1.82) is 0 Å². The minimum atomic E-state index is 0.0247. The Labute approximate surface area is 114 Å². The summed E-state index contributed by atoms with van der Waals surface area (Å²) < 4.78 is 0. The second-order valence-corrected chi connectivity index (χ2v) is 4.62. The number of carbonyl (C=O) groups excluding carboxylic acids is 1. The highest BCUT2D eigenvalue weighted by Crippen LogP contribution is 2.18. The van der Waals surface area contributed by atoms with Crippen molar-refractivity contribution in [3.05, 3.63) is 70.2 Å². The van der Waals surface area contributed by atoms with E-state index >= 15 is 0 Å². The molecule has 0 heterocycles. The second-order valence-electron chi connectivity index (χ2n) is 3.63. The highest BCUT2D eigenvalue weighted by Gasteiger charge is 2.12. The second kappa shape index (κ2) is 5.48. The third kappa shape index (κ3) is 2.76. The molecule has 0 aliphatic rings. The van der Waals surface area contributed by atoms with Crippen LogP contribution in [-0.4, -0.2) is 5.78 Å². The zero-order valence-corrected chi connectivity index (χ0v) is 11.3. The van der Waals surface area contributed by atoms with Gasteiger partial charge in [-0.3, -0.25) is 4.79 Å². The Morgan fingerprint density at radius 3 is 2.35 bits per heavy atom. The first-order valence-corrected chi connectivity index (χ1v) is 6.66. The number of carbonyl (C=O) groups is 1. The zero-order chi connectivity index (χ0) is 12.3. The van der Waals surface area contributed by atoms with E-state index in [0.717, 1.165) is 11.1 Å². The highest BCUT2D eigenvalue weighted by molar-refractivity contribution is 9.08. The van der Waals surface area contributed by atoms with Crippen molar-refractivity contribution >= 4 is 33.3 Å². The Kier molecular flexibility index (Phi) is 3.97.